The molecule has 2 N–H and O–H groups in total. The Hall–Kier alpha value is -3.22. The fourth-order valence-corrected chi connectivity index (χ4v) is 2.50. The second-order valence-corrected chi connectivity index (χ2v) is 5.78. The third kappa shape index (κ3) is 5.42. The molecule has 2 rings (SSSR count). The summed E-state index contributed by atoms with van der Waals surface area (Å²) in [5.41, 5.74) is 2.21. The average Bonchev–Trinajstić information content (AvgIpc) is 2.54. The molecule has 2 aromatic rings. The van der Waals surface area contributed by atoms with Crippen LogP contribution >= 0.6 is 0 Å². The first kappa shape index (κ1) is 18.1. The third-order valence-electron chi connectivity index (χ3n) is 3.70. The number of nitro benzene ring substituents is 1. The number of anilines is 1. The van der Waals surface area contributed by atoms with Crippen LogP contribution in [0.25, 0.3) is 0 Å². The summed E-state index contributed by atoms with van der Waals surface area (Å²) in [6, 6.07) is 12.9. The first-order valence-electron chi connectivity index (χ1n) is 7.68. The van der Waals surface area contributed by atoms with Gasteiger partial charge in [0.25, 0.3) is 5.69 Å². The topological polar surface area (TPSA) is 110 Å². The van der Waals surface area contributed by atoms with Gasteiger partial charge < -0.3 is 10.4 Å². The minimum absolute atomic E-state index is 0.0835. The average molecular weight is 342 g/mol. The molecule has 0 fully saturated rings. The number of aliphatic carboxylic acids is 1. The monoisotopic (exact) mass is 342 g/mol. The Kier molecular flexibility index (Phi) is 5.84. The molecule has 2 aromatic carbocycles. The van der Waals surface area contributed by atoms with Crippen molar-refractivity contribution in [1.82, 2.24) is 0 Å². The van der Waals surface area contributed by atoms with E-state index in [2.05, 4.69) is 5.32 Å². The van der Waals surface area contributed by atoms with Crippen molar-refractivity contribution in [2.45, 2.75) is 19.8 Å². The molecule has 0 saturated carbocycles. The van der Waals surface area contributed by atoms with Gasteiger partial charge in [0.1, 0.15) is 0 Å². The Morgan fingerprint density at radius 3 is 2.44 bits per heavy atom. The van der Waals surface area contributed by atoms with Crippen molar-refractivity contribution in [2.75, 3.05) is 5.32 Å². The molecule has 25 heavy (non-hydrogen) atoms. The SMILES string of the molecule is Cc1cccc(C[C@H](CC(=O)O)C(=O)Nc2ccc([N+](=O)[O-])cc2)c1. The summed E-state index contributed by atoms with van der Waals surface area (Å²) >= 11 is 0. The molecule has 1 amide bonds. The second-order valence-electron chi connectivity index (χ2n) is 5.78. The number of carboxylic acid groups (broad SMARTS) is 1. The van der Waals surface area contributed by atoms with E-state index in [0.717, 1.165) is 11.1 Å². The van der Waals surface area contributed by atoms with E-state index in [-0.39, 0.29) is 12.1 Å². The van der Waals surface area contributed by atoms with E-state index in [1.165, 1.54) is 24.3 Å². The van der Waals surface area contributed by atoms with E-state index in [9.17, 15) is 19.7 Å². The Bertz CT molecular complexity index is 786. The molecule has 0 aliphatic rings. The number of nitrogens with one attached hydrogen (secondary N) is 1. The quantitative estimate of drug-likeness (QED) is 0.593. The maximum absolute atomic E-state index is 12.4. The highest BCUT2D eigenvalue weighted by Crippen LogP contribution is 2.19. The molecule has 0 aliphatic carbocycles. The number of carbonyl (C=O) groups excluding carboxylic acids is 1. The van der Waals surface area contributed by atoms with Crippen LogP contribution in [0.1, 0.15) is 17.5 Å². The lowest BCUT2D eigenvalue weighted by Gasteiger charge is -2.15. The number of carbonyl (C=O) groups is 2. The summed E-state index contributed by atoms with van der Waals surface area (Å²) in [5, 5.41) is 22.3. The largest absolute Gasteiger partial charge is 0.481 e. The predicted molar refractivity (Wildman–Crippen MR) is 92.4 cm³/mol. The smallest absolute Gasteiger partial charge is 0.304 e. The van der Waals surface area contributed by atoms with Crippen LogP contribution in [0.4, 0.5) is 11.4 Å². The molecule has 0 spiro atoms. The van der Waals surface area contributed by atoms with Crippen molar-refractivity contribution in [3.05, 3.63) is 69.8 Å². The number of nitrogens with zero attached hydrogens (tertiary/aromatic N) is 1. The Morgan fingerprint density at radius 1 is 1.20 bits per heavy atom. The molecular weight excluding hydrogens is 324 g/mol. The van der Waals surface area contributed by atoms with Crippen LogP contribution < -0.4 is 5.32 Å². The van der Waals surface area contributed by atoms with Gasteiger partial charge in [0.05, 0.1) is 17.3 Å². The van der Waals surface area contributed by atoms with Crippen LogP contribution in [0, 0.1) is 23.0 Å². The van der Waals surface area contributed by atoms with Crippen molar-refractivity contribution in [2.24, 2.45) is 5.92 Å². The Labute approximate surface area is 144 Å². The molecule has 130 valence electrons. The number of carboxylic acids is 1. The molecule has 0 aliphatic heterocycles. The Balaban J connectivity index is 2.12. The minimum Gasteiger partial charge on any atom is -0.481 e. The van der Waals surface area contributed by atoms with Crippen LogP contribution in [0.3, 0.4) is 0 Å². The van der Waals surface area contributed by atoms with Crippen molar-refractivity contribution >= 4 is 23.3 Å². The summed E-state index contributed by atoms with van der Waals surface area (Å²) in [5.74, 6) is -2.23. The van der Waals surface area contributed by atoms with Crippen molar-refractivity contribution in [1.29, 1.82) is 0 Å². The molecule has 7 heteroatoms. The molecule has 0 bridgehead atoms. The van der Waals surface area contributed by atoms with Crippen molar-refractivity contribution in [3.63, 3.8) is 0 Å². The third-order valence-corrected chi connectivity index (χ3v) is 3.70. The maximum atomic E-state index is 12.4. The van der Waals surface area contributed by atoms with Crippen LogP contribution in [-0.4, -0.2) is 21.9 Å². The van der Waals surface area contributed by atoms with Crippen LogP contribution in [0.15, 0.2) is 48.5 Å². The lowest BCUT2D eigenvalue weighted by molar-refractivity contribution is -0.384. The van der Waals surface area contributed by atoms with Gasteiger partial charge in [-0.15, -0.1) is 0 Å². The molecule has 1 atom stereocenters. The van der Waals surface area contributed by atoms with Gasteiger partial charge in [-0.25, -0.2) is 0 Å². The zero-order chi connectivity index (χ0) is 18.4. The minimum atomic E-state index is -1.06. The van der Waals surface area contributed by atoms with E-state index in [1.54, 1.807) is 0 Å². The number of benzene rings is 2. The van der Waals surface area contributed by atoms with Gasteiger partial charge in [-0.2, -0.15) is 0 Å². The molecule has 0 heterocycles. The number of non-ortho nitro benzene ring substituents is 1. The van der Waals surface area contributed by atoms with Crippen molar-refractivity contribution in [3.8, 4) is 0 Å². The van der Waals surface area contributed by atoms with Gasteiger partial charge in [-0.3, -0.25) is 19.7 Å². The summed E-state index contributed by atoms with van der Waals surface area (Å²) in [6.45, 7) is 1.92. The molecule has 0 aromatic heterocycles. The first-order chi connectivity index (χ1) is 11.8. The lowest BCUT2D eigenvalue weighted by atomic mass is 9.94. The lowest BCUT2D eigenvalue weighted by Crippen LogP contribution is -2.27. The Morgan fingerprint density at radius 2 is 1.88 bits per heavy atom. The standard InChI is InChI=1S/C18H18N2O5/c1-12-3-2-4-13(9-12)10-14(11-17(21)22)18(23)19-15-5-7-16(8-6-15)20(24)25/h2-9,14H,10-11H2,1H3,(H,19,23)(H,21,22)/t14-/m1/s1. The normalized spacial score (nSPS) is 11.6. The van der Waals surface area contributed by atoms with Gasteiger partial charge in [-0.1, -0.05) is 29.8 Å². The van der Waals surface area contributed by atoms with Gasteiger partial charge in [0.15, 0.2) is 0 Å². The molecule has 7 nitrogen and oxygen atoms in total. The van der Waals surface area contributed by atoms with E-state index in [1.807, 2.05) is 31.2 Å². The van der Waals surface area contributed by atoms with Gasteiger partial charge >= 0.3 is 5.97 Å². The summed E-state index contributed by atoms with van der Waals surface area (Å²) in [7, 11) is 0. The number of rotatable bonds is 7. The molecule has 0 saturated heterocycles. The fourth-order valence-electron chi connectivity index (χ4n) is 2.50. The number of amides is 1. The number of nitro groups is 1. The molecular formula is C18H18N2O5. The van der Waals surface area contributed by atoms with E-state index < -0.39 is 22.7 Å². The van der Waals surface area contributed by atoms with Gasteiger partial charge in [0, 0.05) is 17.8 Å². The molecule has 0 unspecified atom stereocenters. The van der Waals surface area contributed by atoms with Crippen LogP contribution in [0.2, 0.25) is 0 Å². The van der Waals surface area contributed by atoms with Crippen LogP contribution in [-0.2, 0) is 16.0 Å². The number of hydrogen-bond donors (Lipinski definition) is 2. The summed E-state index contributed by atoms with van der Waals surface area (Å²) in [4.78, 5) is 33.7. The summed E-state index contributed by atoms with van der Waals surface area (Å²) in [6.07, 6.45) is -0.000445. The highest BCUT2D eigenvalue weighted by molar-refractivity contribution is 5.94. The van der Waals surface area contributed by atoms with Crippen molar-refractivity contribution < 1.29 is 19.6 Å². The zero-order valence-electron chi connectivity index (χ0n) is 13.6. The molecule has 0 radical (unpaired) electrons. The predicted octanol–water partition coefficient (Wildman–Crippen LogP) is 3.18. The highest BCUT2D eigenvalue weighted by atomic mass is 16.6. The number of hydrogen-bond acceptors (Lipinski definition) is 4. The van der Waals surface area contributed by atoms with E-state index in [4.69, 9.17) is 5.11 Å². The highest BCUT2D eigenvalue weighted by Gasteiger charge is 2.22. The van der Waals surface area contributed by atoms with Gasteiger partial charge in [0.2, 0.25) is 5.91 Å². The van der Waals surface area contributed by atoms with E-state index in [0.29, 0.717) is 12.1 Å². The maximum Gasteiger partial charge on any atom is 0.304 e. The first-order valence-corrected chi connectivity index (χ1v) is 7.68. The second kappa shape index (κ2) is 8.05. The van der Waals surface area contributed by atoms with E-state index >= 15 is 0 Å². The van der Waals surface area contributed by atoms with Crippen LogP contribution in [0.5, 0.6) is 0 Å². The number of aryl methyl sites for hydroxylation is 1. The van der Waals surface area contributed by atoms with Gasteiger partial charge in [-0.05, 0) is 31.0 Å². The fraction of sp³-hybridized carbons (Fsp3) is 0.222. The summed E-state index contributed by atoms with van der Waals surface area (Å²) < 4.78 is 0. The zero-order valence-corrected chi connectivity index (χ0v) is 13.6.